The number of fused-ring (bicyclic) bond motifs is 1. The largest absolute Gasteiger partial charge is 0.368 e. The van der Waals surface area contributed by atoms with E-state index in [1.54, 1.807) is 4.90 Å². The molecule has 2 atom stereocenters. The van der Waals surface area contributed by atoms with Crippen LogP contribution in [0.1, 0.15) is 51.5 Å². The molecule has 3 aliphatic rings. The number of carbonyl (C=O) groups excluding carboxylic acids is 1. The summed E-state index contributed by atoms with van der Waals surface area (Å²) < 4.78 is 0. The lowest BCUT2D eigenvalue weighted by atomic mass is 10.1. The van der Waals surface area contributed by atoms with Crippen molar-refractivity contribution in [2.45, 2.75) is 64.5 Å². The second kappa shape index (κ2) is 11.2. The maximum absolute atomic E-state index is 13.0. The molecular weight excluding hydrogens is 464 g/mol. The molecule has 2 unspecified atom stereocenters. The van der Waals surface area contributed by atoms with Crippen LogP contribution in [0.15, 0.2) is 24.5 Å². The molecule has 4 heterocycles. The van der Waals surface area contributed by atoms with Crippen LogP contribution in [0.2, 0.25) is 0 Å². The first-order valence-corrected chi connectivity index (χ1v) is 14.0. The van der Waals surface area contributed by atoms with Gasteiger partial charge in [-0.15, -0.1) is 0 Å². The molecule has 2 aromatic heterocycles. The monoisotopic (exact) mass is 506 g/mol. The Hall–Kier alpha value is -2.94. The standard InChI is InChI=1S/C28H42N8O/c1-5-20(2)19-34-12-14-35(15-13-34)23-10-11-25(29-18-23)31-28-30-17-21-16-24(27(37)33(3)4)36(26(21)32-28)22-8-6-7-9-22/h10-11,17-18,20,22,24H,5-9,12-16,19H2,1-4H3,(H,29,30,31,32). The Balaban J connectivity index is 1.25. The SMILES string of the molecule is CCC(C)CN1CCN(c2ccc(Nc3ncc4c(n3)N(C3CCCC3)C(C(=O)N(C)C)C4)nc2)CC1. The zero-order chi connectivity index (χ0) is 25.9. The molecule has 0 bridgehead atoms. The summed E-state index contributed by atoms with van der Waals surface area (Å²) in [4.78, 5) is 36.1. The fourth-order valence-electron chi connectivity index (χ4n) is 5.91. The van der Waals surface area contributed by atoms with Crippen LogP contribution >= 0.6 is 0 Å². The number of aromatic nitrogens is 3. The van der Waals surface area contributed by atoms with E-state index in [1.807, 2.05) is 32.6 Å². The van der Waals surface area contributed by atoms with Gasteiger partial charge >= 0.3 is 0 Å². The maximum Gasteiger partial charge on any atom is 0.245 e. The van der Waals surface area contributed by atoms with Crippen molar-refractivity contribution < 1.29 is 4.79 Å². The van der Waals surface area contributed by atoms with E-state index >= 15 is 0 Å². The molecule has 1 aliphatic carbocycles. The molecule has 9 heteroatoms. The maximum atomic E-state index is 13.0. The van der Waals surface area contributed by atoms with Gasteiger partial charge < -0.3 is 20.0 Å². The minimum absolute atomic E-state index is 0.136. The highest BCUT2D eigenvalue weighted by molar-refractivity contribution is 5.87. The van der Waals surface area contributed by atoms with Gasteiger partial charge in [0.25, 0.3) is 0 Å². The van der Waals surface area contributed by atoms with Crippen LogP contribution in [0.4, 0.5) is 23.3 Å². The molecule has 5 rings (SSSR count). The van der Waals surface area contributed by atoms with Gasteiger partial charge in [0, 0.05) is 71.0 Å². The molecule has 1 saturated heterocycles. The number of nitrogens with one attached hydrogen (secondary N) is 1. The second-order valence-electron chi connectivity index (χ2n) is 11.2. The van der Waals surface area contributed by atoms with E-state index in [2.05, 4.69) is 49.9 Å². The average Bonchev–Trinajstić information content (AvgIpc) is 3.56. The van der Waals surface area contributed by atoms with E-state index in [9.17, 15) is 4.79 Å². The Morgan fingerprint density at radius 2 is 1.86 bits per heavy atom. The minimum Gasteiger partial charge on any atom is -0.368 e. The Bertz CT molecular complexity index is 1060. The molecule has 1 saturated carbocycles. The summed E-state index contributed by atoms with van der Waals surface area (Å²) in [6.45, 7) is 10.1. The van der Waals surface area contributed by atoms with Crippen LogP contribution in [0.25, 0.3) is 0 Å². The highest BCUT2D eigenvalue weighted by Gasteiger charge is 2.41. The van der Waals surface area contributed by atoms with Crippen molar-refractivity contribution in [1.82, 2.24) is 24.8 Å². The topological polar surface area (TPSA) is 80.7 Å². The summed E-state index contributed by atoms with van der Waals surface area (Å²) in [6.07, 6.45) is 10.4. The van der Waals surface area contributed by atoms with Gasteiger partial charge in [0.15, 0.2) is 0 Å². The van der Waals surface area contributed by atoms with Crippen molar-refractivity contribution in [3.05, 3.63) is 30.1 Å². The number of piperazine rings is 1. The van der Waals surface area contributed by atoms with E-state index in [-0.39, 0.29) is 11.9 Å². The van der Waals surface area contributed by atoms with Gasteiger partial charge in [0.2, 0.25) is 11.9 Å². The number of likely N-dealkylation sites (N-methyl/N-ethyl adjacent to an activating group) is 1. The van der Waals surface area contributed by atoms with Crippen molar-refractivity contribution in [2.24, 2.45) is 5.92 Å². The molecular formula is C28H42N8O. The molecule has 9 nitrogen and oxygen atoms in total. The van der Waals surface area contributed by atoms with E-state index < -0.39 is 0 Å². The number of anilines is 4. The van der Waals surface area contributed by atoms with E-state index in [4.69, 9.17) is 4.98 Å². The number of rotatable bonds is 8. The van der Waals surface area contributed by atoms with E-state index in [1.165, 1.54) is 25.8 Å². The number of amides is 1. The van der Waals surface area contributed by atoms with Crippen LogP contribution in [0.5, 0.6) is 0 Å². The minimum atomic E-state index is -0.194. The first-order chi connectivity index (χ1) is 17.9. The van der Waals surface area contributed by atoms with Gasteiger partial charge in [0.1, 0.15) is 17.7 Å². The summed E-state index contributed by atoms with van der Waals surface area (Å²) in [7, 11) is 3.66. The lowest BCUT2D eigenvalue weighted by Gasteiger charge is -2.37. The number of pyridine rings is 1. The molecule has 1 amide bonds. The van der Waals surface area contributed by atoms with Crippen LogP contribution in [-0.2, 0) is 11.2 Å². The number of carbonyl (C=O) groups is 1. The predicted octanol–water partition coefficient (Wildman–Crippen LogP) is 3.55. The molecule has 0 radical (unpaired) electrons. The van der Waals surface area contributed by atoms with Gasteiger partial charge in [0.05, 0.1) is 11.9 Å². The molecule has 2 fully saturated rings. The molecule has 1 N–H and O–H groups in total. The van der Waals surface area contributed by atoms with Gasteiger partial charge in [-0.25, -0.2) is 9.97 Å². The van der Waals surface area contributed by atoms with E-state index in [0.717, 1.165) is 67.8 Å². The lowest BCUT2D eigenvalue weighted by Crippen LogP contribution is -2.49. The fourth-order valence-corrected chi connectivity index (χ4v) is 5.91. The number of nitrogens with zero attached hydrogens (tertiary/aromatic N) is 7. The smallest absolute Gasteiger partial charge is 0.245 e. The first-order valence-electron chi connectivity index (χ1n) is 14.0. The summed E-state index contributed by atoms with van der Waals surface area (Å²) in [6, 6.07) is 4.30. The molecule has 0 spiro atoms. The predicted molar refractivity (Wildman–Crippen MR) is 149 cm³/mol. The van der Waals surface area contributed by atoms with Crippen molar-refractivity contribution in [3.63, 3.8) is 0 Å². The van der Waals surface area contributed by atoms with Crippen molar-refractivity contribution in [2.75, 3.05) is 61.9 Å². The quantitative estimate of drug-likeness (QED) is 0.582. The summed E-state index contributed by atoms with van der Waals surface area (Å²) in [5.41, 5.74) is 2.20. The lowest BCUT2D eigenvalue weighted by molar-refractivity contribution is -0.130. The molecule has 200 valence electrons. The van der Waals surface area contributed by atoms with Crippen LogP contribution in [0.3, 0.4) is 0 Å². The van der Waals surface area contributed by atoms with Gasteiger partial charge in [-0.2, -0.15) is 4.98 Å². The second-order valence-corrected chi connectivity index (χ2v) is 11.2. The molecule has 2 aromatic rings. The van der Waals surface area contributed by atoms with Gasteiger partial charge in [-0.3, -0.25) is 9.69 Å². The van der Waals surface area contributed by atoms with Crippen LogP contribution < -0.4 is 15.1 Å². The van der Waals surface area contributed by atoms with Crippen molar-refractivity contribution >= 4 is 29.2 Å². The third-order valence-corrected chi connectivity index (χ3v) is 8.27. The summed E-state index contributed by atoms with van der Waals surface area (Å²) in [5, 5.41) is 3.29. The van der Waals surface area contributed by atoms with E-state index in [0.29, 0.717) is 18.4 Å². The Labute approximate surface area is 221 Å². The van der Waals surface area contributed by atoms with Crippen LogP contribution in [0, 0.1) is 5.92 Å². The molecule has 0 aromatic carbocycles. The van der Waals surface area contributed by atoms with Gasteiger partial charge in [-0.05, 0) is 30.9 Å². The number of hydrogen-bond acceptors (Lipinski definition) is 8. The molecule has 2 aliphatic heterocycles. The fraction of sp³-hybridized carbons (Fsp3) is 0.643. The normalized spacial score (nSPS) is 21.2. The van der Waals surface area contributed by atoms with Crippen molar-refractivity contribution in [3.8, 4) is 0 Å². The zero-order valence-corrected chi connectivity index (χ0v) is 22.9. The third-order valence-electron chi connectivity index (χ3n) is 8.27. The highest BCUT2D eigenvalue weighted by atomic mass is 16.2. The summed E-state index contributed by atoms with van der Waals surface area (Å²) >= 11 is 0. The average molecular weight is 507 g/mol. The third kappa shape index (κ3) is 5.66. The molecule has 37 heavy (non-hydrogen) atoms. The Kier molecular flexibility index (Phi) is 7.79. The number of hydrogen-bond donors (Lipinski definition) is 1. The van der Waals surface area contributed by atoms with Crippen LogP contribution in [-0.4, -0.2) is 89.6 Å². The summed E-state index contributed by atoms with van der Waals surface area (Å²) in [5.74, 6) is 3.04. The Morgan fingerprint density at radius 3 is 2.51 bits per heavy atom. The Morgan fingerprint density at radius 1 is 1.11 bits per heavy atom. The van der Waals surface area contributed by atoms with Crippen molar-refractivity contribution in [1.29, 1.82) is 0 Å². The first kappa shape index (κ1) is 25.7. The van der Waals surface area contributed by atoms with Gasteiger partial charge in [-0.1, -0.05) is 33.1 Å². The highest BCUT2D eigenvalue weighted by Crippen LogP contribution is 2.38. The zero-order valence-electron chi connectivity index (χ0n) is 22.9.